The third-order valence-electron chi connectivity index (χ3n) is 1.96. The summed E-state index contributed by atoms with van der Waals surface area (Å²) in [5, 5.41) is 5.99. The van der Waals surface area contributed by atoms with E-state index in [1.54, 1.807) is 6.07 Å². The third kappa shape index (κ3) is 4.01. The molecule has 82 valence electrons. The molecule has 0 aliphatic rings. The van der Waals surface area contributed by atoms with Crippen molar-refractivity contribution in [1.29, 1.82) is 0 Å². The molecule has 0 heterocycles. The van der Waals surface area contributed by atoms with Crippen LogP contribution in [0, 0.1) is 0 Å². The van der Waals surface area contributed by atoms with Gasteiger partial charge in [0.15, 0.2) is 0 Å². The van der Waals surface area contributed by atoms with E-state index in [0.717, 1.165) is 17.6 Å². The number of benzene rings is 1. The zero-order chi connectivity index (χ0) is 11.1. The van der Waals surface area contributed by atoms with Crippen LogP contribution in [0.2, 0.25) is 0 Å². The lowest BCUT2D eigenvalue weighted by Crippen LogP contribution is -2.31. The Bertz CT molecular complexity index is 328. The first kappa shape index (κ1) is 12.2. The average Bonchev–Trinajstić information content (AvgIpc) is 2.25. The molecule has 1 aromatic carbocycles. The SMILES string of the molecule is CCNCCNC(=O)c1ccccc1Br. The van der Waals surface area contributed by atoms with Crippen LogP contribution in [0.15, 0.2) is 28.7 Å². The summed E-state index contributed by atoms with van der Waals surface area (Å²) in [5.74, 6) is -0.0413. The molecule has 0 fully saturated rings. The Morgan fingerprint density at radius 2 is 2.07 bits per heavy atom. The Balaban J connectivity index is 2.44. The summed E-state index contributed by atoms with van der Waals surface area (Å²) in [4.78, 5) is 11.7. The number of carbonyl (C=O) groups excluding carboxylic acids is 1. The lowest BCUT2D eigenvalue weighted by Gasteiger charge is -2.06. The van der Waals surface area contributed by atoms with Crippen LogP contribution in [-0.2, 0) is 0 Å². The van der Waals surface area contributed by atoms with Crippen LogP contribution in [0.1, 0.15) is 17.3 Å². The largest absolute Gasteiger partial charge is 0.351 e. The highest BCUT2D eigenvalue weighted by Crippen LogP contribution is 2.15. The second kappa shape index (κ2) is 6.58. The second-order valence-electron chi connectivity index (χ2n) is 3.09. The van der Waals surface area contributed by atoms with Crippen molar-refractivity contribution in [3.8, 4) is 0 Å². The zero-order valence-electron chi connectivity index (χ0n) is 8.72. The van der Waals surface area contributed by atoms with Crippen LogP contribution in [0.3, 0.4) is 0 Å². The summed E-state index contributed by atoms with van der Waals surface area (Å²) in [6, 6.07) is 7.40. The van der Waals surface area contributed by atoms with Gasteiger partial charge in [-0.1, -0.05) is 19.1 Å². The maximum atomic E-state index is 11.7. The van der Waals surface area contributed by atoms with Crippen molar-refractivity contribution in [2.24, 2.45) is 0 Å². The minimum absolute atomic E-state index is 0.0413. The van der Waals surface area contributed by atoms with Gasteiger partial charge in [-0.05, 0) is 34.6 Å². The van der Waals surface area contributed by atoms with Gasteiger partial charge in [0.1, 0.15) is 0 Å². The van der Waals surface area contributed by atoms with E-state index in [0.29, 0.717) is 12.1 Å². The molecule has 0 unspecified atom stereocenters. The number of nitrogens with one attached hydrogen (secondary N) is 2. The van der Waals surface area contributed by atoms with E-state index in [9.17, 15) is 4.79 Å². The molecule has 0 saturated heterocycles. The van der Waals surface area contributed by atoms with Crippen molar-refractivity contribution in [3.05, 3.63) is 34.3 Å². The second-order valence-corrected chi connectivity index (χ2v) is 3.94. The molecule has 2 N–H and O–H groups in total. The number of halogens is 1. The van der Waals surface area contributed by atoms with Crippen molar-refractivity contribution in [2.45, 2.75) is 6.92 Å². The number of carbonyl (C=O) groups is 1. The molecule has 3 nitrogen and oxygen atoms in total. The highest BCUT2D eigenvalue weighted by molar-refractivity contribution is 9.10. The third-order valence-corrected chi connectivity index (χ3v) is 2.65. The van der Waals surface area contributed by atoms with Gasteiger partial charge in [-0.15, -0.1) is 0 Å². The van der Waals surface area contributed by atoms with Crippen LogP contribution in [0.25, 0.3) is 0 Å². The summed E-state index contributed by atoms with van der Waals surface area (Å²) in [5.41, 5.74) is 0.675. The molecule has 4 heteroatoms. The van der Waals surface area contributed by atoms with Gasteiger partial charge in [-0.2, -0.15) is 0 Å². The molecular weight excluding hydrogens is 256 g/mol. The fourth-order valence-corrected chi connectivity index (χ4v) is 1.65. The van der Waals surface area contributed by atoms with Gasteiger partial charge in [0.2, 0.25) is 0 Å². The summed E-state index contributed by atoms with van der Waals surface area (Å²) in [6.07, 6.45) is 0. The van der Waals surface area contributed by atoms with Gasteiger partial charge in [-0.3, -0.25) is 4.79 Å². The van der Waals surface area contributed by atoms with Crippen LogP contribution in [0.4, 0.5) is 0 Å². The lowest BCUT2D eigenvalue weighted by atomic mass is 10.2. The average molecular weight is 271 g/mol. The zero-order valence-corrected chi connectivity index (χ0v) is 10.3. The molecule has 15 heavy (non-hydrogen) atoms. The standard InChI is InChI=1S/C11H15BrN2O/c1-2-13-7-8-14-11(15)9-5-3-4-6-10(9)12/h3-6,13H,2,7-8H2,1H3,(H,14,15). The molecule has 0 aromatic heterocycles. The first-order valence-corrected chi connectivity index (χ1v) is 5.78. The van der Waals surface area contributed by atoms with Gasteiger partial charge in [0.05, 0.1) is 5.56 Å². The number of amides is 1. The molecule has 0 saturated carbocycles. The van der Waals surface area contributed by atoms with Gasteiger partial charge in [0, 0.05) is 17.6 Å². The van der Waals surface area contributed by atoms with Gasteiger partial charge < -0.3 is 10.6 Å². The Morgan fingerprint density at radius 3 is 2.73 bits per heavy atom. The van der Waals surface area contributed by atoms with Crippen molar-refractivity contribution in [2.75, 3.05) is 19.6 Å². The number of rotatable bonds is 5. The predicted octanol–water partition coefficient (Wildman–Crippen LogP) is 1.79. The monoisotopic (exact) mass is 270 g/mol. The summed E-state index contributed by atoms with van der Waals surface area (Å²) in [6.45, 7) is 4.40. The van der Waals surface area contributed by atoms with Crippen molar-refractivity contribution in [1.82, 2.24) is 10.6 Å². The van der Waals surface area contributed by atoms with Crippen LogP contribution in [-0.4, -0.2) is 25.5 Å². The highest BCUT2D eigenvalue weighted by Gasteiger charge is 2.07. The first-order chi connectivity index (χ1) is 7.25. The molecule has 0 atom stereocenters. The maximum Gasteiger partial charge on any atom is 0.252 e. The van der Waals surface area contributed by atoms with E-state index >= 15 is 0 Å². The number of hydrogen-bond acceptors (Lipinski definition) is 2. The van der Waals surface area contributed by atoms with Crippen molar-refractivity contribution >= 4 is 21.8 Å². The molecular formula is C11H15BrN2O. The smallest absolute Gasteiger partial charge is 0.252 e. The summed E-state index contributed by atoms with van der Waals surface area (Å²) < 4.78 is 0.825. The molecule has 0 bridgehead atoms. The predicted molar refractivity (Wildman–Crippen MR) is 65.0 cm³/mol. The van der Waals surface area contributed by atoms with Crippen molar-refractivity contribution in [3.63, 3.8) is 0 Å². The van der Waals surface area contributed by atoms with E-state index in [1.165, 1.54) is 0 Å². The van der Waals surface area contributed by atoms with Gasteiger partial charge >= 0.3 is 0 Å². The maximum absolute atomic E-state index is 11.7. The quantitative estimate of drug-likeness (QED) is 0.802. The van der Waals surface area contributed by atoms with E-state index in [1.807, 2.05) is 25.1 Å². The van der Waals surface area contributed by atoms with Crippen LogP contribution in [0.5, 0.6) is 0 Å². The van der Waals surface area contributed by atoms with Crippen molar-refractivity contribution < 1.29 is 4.79 Å². The number of hydrogen-bond donors (Lipinski definition) is 2. The van der Waals surface area contributed by atoms with Gasteiger partial charge in [-0.25, -0.2) is 0 Å². The summed E-state index contributed by atoms with van der Waals surface area (Å²) in [7, 11) is 0. The highest BCUT2D eigenvalue weighted by atomic mass is 79.9. The van der Waals surface area contributed by atoms with E-state index < -0.39 is 0 Å². The molecule has 1 rings (SSSR count). The fraction of sp³-hybridized carbons (Fsp3) is 0.364. The Kier molecular flexibility index (Phi) is 5.36. The fourth-order valence-electron chi connectivity index (χ4n) is 1.18. The first-order valence-electron chi connectivity index (χ1n) is 4.99. The van der Waals surface area contributed by atoms with E-state index in [2.05, 4.69) is 26.6 Å². The molecule has 0 aliphatic heterocycles. The summed E-state index contributed by atoms with van der Waals surface area (Å²) >= 11 is 3.34. The van der Waals surface area contributed by atoms with Crippen LogP contribution >= 0.6 is 15.9 Å². The molecule has 0 spiro atoms. The topological polar surface area (TPSA) is 41.1 Å². The minimum Gasteiger partial charge on any atom is -0.351 e. The Hall–Kier alpha value is -0.870. The lowest BCUT2D eigenvalue weighted by molar-refractivity contribution is 0.0953. The molecule has 0 aliphatic carbocycles. The normalized spacial score (nSPS) is 10.0. The molecule has 1 aromatic rings. The minimum atomic E-state index is -0.0413. The van der Waals surface area contributed by atoms with Gasteiger partial charge in [0.25, 0.3) is 5.91 Å². The molecule has 0 radical (unpaired) electrons. The Morgan fingerprint density at radius 1 is 1.33 bits per heavy atom. The van der Waals surface area contributed by atoms with E-state index in [-0.39, 0.29) is 5.91 Å². The Labute approximate surface area is 98.4 Å². The number of likely N-dealkylation sites (N-methyl/N-ethyl adjacent to an activating group) is 1. The van der Waals surface area contributed by atoms with Crippen LogP contribution < -0.4 is 10.6 Å². The van der Waals surface area contributed by atoms with E-state index in [4.69, 9.17) is 0 Å². The molecule has 1 amide bonds.